The van der Waals surface area contributed by atoms with Gasteiger partial charge in [-0.15, -0.1) is 11.6 Å². The number of amides is 2. The number of hydrogen-bond donors (Lipinski definition) is 0. The van der Waals surface area contributed by atoms with E-state index in [1.54, 1.807) is 47.6 Å². The molecule has 0 radical (unpaired) electrons. The SMILES string of the molecule is C=CCN(C(=O)OC(C)(C)C)/C(=N/C(=O)OC(C)(C)C)N1CCCC1. The highest BCUT2D eigenvalue weighted by Crippen LogP contribution is 2.16. The van der Waals surface area contributed by atoms with Gasteiger partial charge in [0.25, 0.3) is 0 Å². The Morgan fingerprint density at radius 2 is 1.60 bits per heavy atom. The molecule has 1 aliphatic rings. The molecule has 0 atom stereocenters. The minimum absolute atomic E-state index is 0.188. The molecule has 0 saturated carbocycles. The maximum Gasteiger partial charge on any atom is 0.437 e. The fraction of sp³-hybridized carbons (Fsp3) is 0.722. The van der Waals surface area contributed by atoms with E-state index in [-0.39, 0.29) is 12.5 Å². The highest BCUT2D eigenvalue weighted by Gasteiger charge is 2.31. The predicted molar refractivity (Wildman–Crippen MR) is 97.6 cm³/mol. The van der Waals surface area contributed by atoms with Crippen molar-refractivity contribution < 1.29 is 19.1 Å². The van der Waals surface area contributed by atoms with Crippen LogP contribution in [0.2, 0.25) is 0 Å². The average molecular weight is 353 g/mol. The van der Waals surface area contributed by atoms with Gasteiger partial charge in [0.05, 0.1) is 0 Å². The van der Waals surface area contributed by atoms with Crippen LogP contribution < -0.4 is 0 Å². The van der Waals surface area contributed by atoms with Crippen LogP contribution in [0.25, 0.3) is 0 Å². The van der Waals surface area contributed by atoms with Crippen molar-refractivity contribution in [2.75, 3.05) is 19.6 Å². The molecule has 25 heavy (non-hydrogen) atoms. The first-order valence-corrected chi connectivity index (χ1v) is 8.61. The van der Waals surface area contributed by atoms with Crippen LogP contribution in [0.1, 0.15) is 54.4 Å². The summed E-state index contributed by atoms with van der Waals surface area (Å²) in [6.45, 7) is 16.0. The zero-order chi connectivity index (χ0) is 19.3. The molecule has 1 aliphatic heterocycles. The van der Waals surface area contributed by atoms with Crippen molar-refractivity contribution in [1.29, 1.82) is 0 Å². The topological polar surface area (TPSA) is 71.4 Å². The van der Waals surface area contributed by atoms with Gasteiger partial charge >= 0.3 is 12.2 Å². The van der Waals surface area contributed by atoms with Gasteiger partial charge < -0.3 is 14.4 Å². The molecule has 7 heteroatoms. The van der Waals surface area contributed by atoms with Crippen LogP contribution >= 0.6 is 0 Å². The molecular weight excluding hydrogens is 322 g/mol. The summed E-state index contributed by atoms with van der Waals surface area (Å²) >= 11 is 0. The lowest BCUT2D eigenvalue weighted by molar-refractivity contribution is 0.0365. The van der Waals surface area contributed by atoms with E-state index in [1.165, 1.54) is 4.90 Å². The van der Waals surface area contributed by atoms with E-state index in [4.69, 9.17) is 9.47 Å². The third kappa shape index (κ3) is 7.58. The Hall–Kier alpha value is -2.05. The van der Waals surface area contributed by atoms with E-state index in [0.29, 0.717) is 0 Å². The van der Waals surface area contributed by atoms with E-state index in [2.05, 4.69) is 11.6 Å². The van der Waals surface area contributed by atoms with Crippen LogP contribution in [0.5, 0.6) is 0 Å². The van der Waals surface area contributed by atoms with Gasteiger partial charge in [-0.25, -0.2) is 14.5 Å². The minimum Gasteiger partial charge on any atom is -0.443 e. The molecule has 7 nitrogen and oxygen atoms in total. The number of rotatable bonds is 2. The number of likely N-dealkylation sites (tertiary alicyclic amines) is 1. The normalized spacial score (nSPS) is 15.8. The molecule has 142 valence electrons. The number of aliphatic imine (C=N–C) groups is 1. The second-order valence-electron chi connectivity index (χ2n) is 7.97. The van der Waals surface area contributed by atoms with E-state index in [1.807, 2.05) is 4.90 Å². The van der Waals surface area contributed by atoms with E-state index in [9.17, 15) is 9.59 Å². The number of carbonyl (C=O) groups is 2. The molecule has 0 bridgehead atoms. The van der Waals surface area contributed by atoms with Crippen molar-refractivity contribution in [3.05, 3.63) is 12.7 Å². The van der Waals surface area contributed by atoms with Gasteiger partial charge in [-0.05, 0) is 54.4 Å². The highest BCUT2D eigenvalue weighted by molar-refractivity contribution is 5.99. The van der Waals surface area contributed by atoms with Gasteiger partial charge in [-0.1, -0.05) is 6.08 Å². The molecule has 0 unspecified atom stereocenters. The number of ether oxygens (including phenoxy) is 2. The summed E-state index contributed by atoms with van der Waals surface area (Å²) in [6.07, 6.45) is 2.23. The van der Waals surface area contributed by atoms with Gasteiger partial charge in [0.15, 0.2) is 0 Å². The summed E-state index contributed by atoms with van der Waals surface area (Å²) in [4.78, 5) is 32.1. The van der Waals surface area contributed by atoms with Crippen molar-refractivity contribution >= 4 is 18.1 Å². The molecule has 1 rings (SSSR count). The predicted octanol–water partition coefficient (Wildman–Crippen LogP) is 3.80. The molecule has 1 heterocycles. The van der Waals surface area contributed by atoms with Crippen molar-refractivity contribution in [2.45, 2.75) is 65.6 Å². The minimum atomic E-state index is -0.730. The summed E-state index contributed by atoms with van der Waals surface area (Å²) in [5, 5.41) is 0. The van der Waals surface area contributed by atoms with Gasteiger partial charge in [-0.3, -0.25) is 0 Å². The summed E-state index contributed by atoms with van der Waals surface area (Å²) in [5.74, 6) is 0.251. The molecule has 0 spiro atoms. The van der Waals surface area contributed by atoms with E-state index >= 15 is 0 Å². The first-order chi connectivity index (χ1) is 11.4. The Balaban J connectivity index is 3.14. The highest BCUT2D eigenvalue weighted by atomic mass is 16.6. The number of carbonyl (C=O) groups excluding carboxylic acids is 2. The molecule has 0 aromatic heterocycles. The lowest BCUT2D eigenvalue weighted by atomic mass is 10.2. The molecule has 0 aliphatic carbocycles. The van der Waals surface area contributed by atoms with E-state index < -0.39 is 23.4 Å². The Morgan fingerprint density at radius 3 is 2.04 bits per heavy atom. The third-order valence-electron chi connectivity index (χ3n) is 3.14. The van der Waals surface area contributed by atoms with Gasteiger partial charge in [0.1, 0.15) is 11.2 Å². The maximum absolute atomic E-state index is 12.6. The van der Waals surface area contributed by atoms with Gasteiger partial charge in [-0.2, -0.15) is 0 Å². The third-order valence-corrected chi connectivity index (χ3v) is 3.14. The van der Waals surface area contributed by atoms with Crippen LogP contribution in [0.15, 0.2) is 17.6 Å². The fourth-order valence-electron chi connectivity index (χ4n) is 2.27. The molecular formula is C18H31N3O4. The van der Waals surface area contributed by atoms with Crippen LogP contribution in [0.4, 0.5) is 9.59 Å². The molecule has 0 aromatic rings. The second-order valence-corrected chi connectivity index (χ2v) is 7.97. The second kappa shape index (κ2) is 8.36. The van der Waals surface area contributed by atoms with Crippen LogP contribution in [0.3, 0.4) is 0 Å². The summed E-state index contributed by atoms with van der Waals surface area (Å²) in [6, 6.07) is 0. The Kier molecular flexibility index (Phi) is 7.02. The smallest absolute Gasteiger partial charge is 0.437 e. The molecule has 0 aromatic carbocycles. The largest absolute Gasteiger partial charge is 0.443 e. The van der Waals surface area contributed by atoms with E-state index in [0.717, 1.165) is 25.9 Å². The number of nitrogens with zero attached hydrogens (tertiary/aromatic N) is 3. The monoisotopic (exact) mass is 353 g/mol. The van der Waals surface area contributed by atoms with Crippen LogP contribution in [-0.2, 0) is 9.47 Å². The molecule has 1 saturated heterocycles. The van der Waals surface area contributed by atoms with Gasteiger partial charge in [0, 0.05) is 19.6 Å². The lowest BCUT2D eigenvalue weighted by Crippen LogP contribution is -2.48. The Bertz CT molecular complexity index is 523. The summed E-state index contributed by atoms with van der Waals surface area (Å²) in [7, 11) is 0. The maximum atomic E-state index is 12.6. The lowest BCUT2D eigenvalue weighted by Gasteiger charge is -2.31. The van der Waals surface area contributed by atoms with Crippen molar-refractivity contribution in [1.82, 2.24) is 9.80 Å². The molecule has 2 amide bonds. The fourth-order valence-corrected chi connectivity index (χ4v) is 2.27. The van der Waals surface area contributed by atoms with Crippen molar-refractivity contribution in [3.8, 4) is 0 Å². The Labute approximate surface area is 150 Å². The summed E-state index contributed by atoms with van der Waals surface area (Å²) in [5.41, 5.74) is -1.32. The number of guanidine groups is 1. The average Bonchev–Trinajstić information content (AvgIpc) is 2.92. The quantitative estimate of drug-likeness (QED) is 0.429. The van der Waals surface area contributed by atoms with Crippen molar-refractivity contribution in [2.24, 2.45) is 4.99 Å². The van der Waals surface area contributed by atoms with Gasteiger partial charge in [0.2, 0.25) is 5.96 Å². The summed E-state index contributed by atoms with van der Waals surface area (Å²) < 4.78 is 10.7. The molecule has 0 N–H and O–H groups in total. The Morgan fingerprint density at radius 1 is 1.08 bits per heavy atom. The zero-order valence-electron chi connectivity index (χ0n) is 16.3. The standard InChI is InChI=1S/C18H31N3O4/c1-8-11-21(16(23)25-18(5,6)7)14(20-12-9-10-13-20)19-15(22)24-17(2,3)4/h8H,1,9-13H2,2-7H3/b19-14+. The van der Waals surface area contributed by atoms with Crippen LogP contribution in [0, 0.1) is 0 Å². The number of hydrogen-bond acceptors (Lipinski definition) is 4. The first-order valence-electron chi connectivity index (χ1n) is 8.61. The van der Waals surface area contributed by atoms with Crippen molar-refractivity contribution in [3.63, 3.8) is 0 Å². The van der Waals surface area contributed by atoms with Crippen LogP contribution in [-0.4, -0.2) is 58.8 Å². The zero-order valence-corrected chi connectivity index (χ0v) is 16.3. The molecule has 1 fully saturated rings. The first kappa shape index (κ1) is 21.0.